The van der Waals surface area contributed by atoms with E-state index in [1.807, 2.05) is 24.3 Å². The van der Waals surface area contributed by atoms with Crippen LogP contribution in [0.4, 0.5) is 4.39 Å². The van der Waals surface area contributed by atoms with E-state index in [2.05, 4.69) is 5.32 Å². The van der Waals surface area contributed by atoms with Crippen LogP contribution in [-0.2, 0) is 11.3 Å². The number of nitrogens with zero attached hydrogens (tertiary/aromatic N) is 1. The van der Waals surface area contributed by atoms with Crippen LogP contribution in [0.1, 0.15) is 54.4 Å². The van der Waals surface area contributed by atoms with E-state index in [-0.39, 0.29) is 23.0 Å². The Kier molecular flexibility index (Phi) is 6.32. The monoisotopic (exact) mass is 464 g/mol. The van der Waals surface area contributed by atoms with E-state index in [0.29, 0.717) is 31.0 Å². The summed E-state index contributed by atoms with van der Waals surface area (Å²) < 4.78 is 18.5. The highest BCUT2D eigenvalue weighted by molar-refractivity contribution is 5.94. The van der Waals surface area contributed by atoms with E-state index in [9.17, 15) is 14.0 Å². The molecule has 2 aromatic rings. The van der Waals surface area contributed by atoms with Gasteiger partial charge in [-0.25, -0.2) is 4.39 Å². The first-order chi connectivity index (χ1) is 16.4. The van der Waals surface area contributed by atoms with Gasteiger partial charge in [-0.2, -0.15) is 0 Å². The van der Waals surface area contributed by atoms with E-state index in [1.165, 1.54) is 31.4 Å². The van der Waals surface area contributed by atoms with Gasteiger partial charge in [0.25, 0.3) is 5.91 Å². The third-order valence-electron chi connectivity index (χ3n) is 8.03. The fourth-order valence-corrected chi connectivity index (χ4v) is 6.68. The smallest absolute Gasteiger partial charge is 0.253 e. The fraction of sp³-hybridized carbons (Fsp3) is 0.500. The minimum atomic E-state index is -0.310. The van der Waals surface area contributed by atoms with Crippen molar-refractivity contribution in [1.29, 1.82) is 0 Å². The standard InChI is InChI=1S/C28H33FN2O3/c1-31(10-11-34-25-8-6-24(29)7-9-25)26(32)23-4-2-19(3-5-23)18-30-27(33)28-15-20-12-21(16-28)14-22(13-20)17-28/h2-9,20-22H,10-18H2,1H3,(H,30,33). The Hall–Kier alpha value is -2.89. The van der Waals surface area contributed by atoms with Gasteiger partial charge in [-0.1, -0.05) is 12.1 Å². The van der Waals surface area contributed by atoms with Gasteiger partial charge >= 0.3 is 0 Å². The Morgan fingerprint density at radius 1 is 0.971 bits per heavy atom. The topological polar surface area (TPSA) is 58.6 Å². The predicted molar refractivity (Wildman–Crippen MR) is 128 cm³/mol. The van der Waals surface area contributed by atoms with E-state index < -0.39 is 0 Å². The third-order valence-corrected chi connectivity index (χ3v) is 8.03. The van der Waals surface area contributed by atoms with Gasteiger partial charge in [0.2, 0.25) is 5.91 Å². The molecule has 0 unspecified atom stereocenters. The normalized spacial score (nSPS) is 26.8. The summed E-state index contributed by atoms with van der Waals surface area (Å²) in [5.41, 5.74) is 1.46. The lowest BCUT2D eigenvalue weighted by Crippen LogP contribution is -2.53. The van der Waals surface area contributed by atoms with Crippen molar-refractivity contribution in [2.24, 2.45) is 23.2 Å². The lowest BCUT2D eigenvalue weighted by atomic mass is 9.49. The number of carbonyl (C=O) groups excluding carboxylic acids is 2. The van der Waals surface area contributed by atoms with Gasteiger partial charge in [0.1, 0.15) is 18.2 Å². The second kappa shape index (κ2) is 9.40. The molecular weight excluding hydrogens is 431 g/mol. The highest BCUT2D eigenvalue weighted by Gasteiger charge is 2.54. The number of halogens is 1. The van der Waals surface area contributed by atoms with Crippen LogP contribution in [0.15, 0.2) is 48.5 Å². The van der Waals surface area contributed by atoms with Crippen molar-refractivity contribution in [3.05, 3.63) is 65.5 Å². The maximum atomic E-state index is 13.2. The number of hydrogen-bond donors (Lipinski definition) is 1. The molecule has 4 fully saturated rings. The molecular formula is C28H33FN2O3. The largest absolute Gasteiger partial charge is 0.492 e. The van der Waals surface area contributed by atoms with Crippen LogP contribution in [0.2, 0.25) is 0 Å². The summed E-state index contributed by atoms with van der Waals surface area (Å²) in [7, 11) is 1.73. The molecule has 180 valence electrons. The first kappa shape index (κ1) is 22.9. The number of likely N-dealkylation sites (N-methyl/N-ethyl adjacent to an activating group) is 1. The third kappa shape index (κ3) is 4.82. The average Bonchev–Trinajstić information content (AvgIpc) is 2.82. The lowest BCUT2D eigenvalue weighted by Gasteiger charge is -2.55. The molecule has 0 aliphatic heterocycles. The van der Waals surface area contributed by atoms with E-state index in [1.54, 1.807) is 24.1 Å². The minimum absolute atomic E-state index is 0.0909. The van der Waals surface area contributed by atoms with Crippen molar-refractivity contribution in [2.75, 3.05) is 20.2 Å². The summed E-state index contributed by atoms with van der Waals surface area (Å²) in [5, 5.41) is 3.20. The van der Waals surface area contributed by atoms with Gasteiger partial charge in [0.05, 0.1) is 6.54 Å². The SMILES string of the molecule is CN(CCOc1ccc(F)cc1)C(=O)c1ccc(CNC(=O)C23CC4CC(CC(C4)C2)C3)cc1. The first-order valence-corrected chi connectivity index (χ1v) is 12.4. The molecule has 6 rings (SSSR count). The Bertz CT molecular complexity index is 999. The van der Waals surface area contributed by atoms with Gasteiger partial charge in [0, 0.05) is 24.6 Å². The van der Waals surface area contributed by atoms with Gasteiger partial charge in [-0.05, 0) is 98.2 Å². The molecule has 0 atom stereocenters. The predicted octanol–water partition coefficient (Wildman–Crippen LogP) is 4.81. The molecule has 4 aliphatic carbocycles. The van der Waals surface area contributed by atoms with Crippen molar-refractivity contribution in [3.8, 4) is 5.75 Å². The quantitative estimate of drug-likeness (QED) is 0.610. The number of rotatable bonds is 8. The second-order valence-electron chi connectivity index (χ2n) is 10.6. The van der Waals surface area contributed by atoms with E-state index in [4.69, 9.17) is 4.74 Å². The van der Waals surface area contributed by atoms with Crippen LogP contribution in [0.5, 0.6) is 5.75 Å². The van der Waals surface area contributed by atoms with Crippen molar-refractivity contribution >= 4 is 11.8 Å². The van der Waals surface area contributed by atoms with Crippen molar-refractivity contribution in [3.63, 3.8) is 0 Å². The van der Waals surface area contributed by atoms with Crippen molar-refractivity contribution < 1.29 is 18.7 Å². The summed E-state index contributed by atoms with van der Waals surface area (Å²) in [6, 6.07) is 13.3. The Balaban J connectivity index is 1.10. The average molecular weight is 465 g/mol. The zero-order chi connectivity index (χ0) is 23.7. The number of ether oxygens (including phenoxy) is 1. The zero-order valence-corrected chi connectivity index (χ0v) is 19.8. The molecule has 0 radical (unpaired) electrons. The number of carbonyl (C=O) groups is 2. The van der Waals surface area contributed by atoms with Gasteiger partial charge < -0.3 is 15.0 Å². The zero-order valence-electron chi connectivity index (χ0n) is 19.8. The van der Waals surface area contributed by atoms with Crippen LogP contribution in [0, 0.1) is 29.0 Å². The van der Waals surface area contributed by atoms with Crippen LogP contribution in [0.25, 0.3) is 0 Å². The molecule has 2 amide bonds. The van der Waals surface area contributed by atoms with Crippen molar-refractivity contribution in [2.45, 2.75) is 45.1 Å². The summed E-state index contributed by atoms with van der Waals surface area (Å²) in [6.07, 6.45) is 7.18. The van der Waals surface area contributed by atoms with Crippen LogP contribution >= 0.6 is 0 Å². The van der Waals surface area contributed by atoms with Gasteiger partial charge in [-0.3, -0.25) is 9.59 Å². The molecule has 1 N–H and O–H groups in total. The van der Waals surface area contributed by atoms with Crippen LogP contribution < -0.4 is 10.1 Å². The lowest BCUT2D eigenvalue weighted by molar-refractivity contribution is -0.146. The van der Waals surface area contributed by atoms with Crippen molar-refractivity contribution in [1.82, 2.24) is 10.2 Å². The molecule has 0 heterocycles. The number of nitrogens with one attached hydrogen (secondary N) is 1. The molecule has 0 saturated heterocycles. The number of benzene rings is 2. The molecule has 5 nitrogen and oxygen atoms in total. The summed E-state index contributed by atoms with van der Waals surface area (Å²) in [5.74, 6) is 2.65. The summed E-state index contributed by atoms with van der Waals surface area (Å²) >= 11 is 0. The first-order valence-electron chi connectivity index (χ1n) is 12.4. The van der Waals surface area contributed by atoms with E-state index >= 15 is 0 Å². The molecule has 0 spiro atoms. The second-order valence-corrected chi connectivity index (χ2v) is 10.6. The van der Waals surface area contributed by atoms with E-state index in [0.717, 1.165) is 42.6 Å². The summed E-state index contributed by atoms with van der Waals surface area (Å²) in [4.78, 5) is 27.5. The molecule has 34 heavy (non-hydrogen) atoms. The number of hydrogen-bond acceptors (Lipinski definition) is 3. The summed E-state index contributed by atoms with van der Waals surface area (Å²) in [6.45, 7) is 1.23. The molecule has 4 saturated carbocycles. The Labute approximate surface area is 200 Å². The number of amides is 2. The molecule has 0 aromatic heterocycles. The molecule has 2 aromatic carbocycles. The Morgan fingerprint density at radius 3 is 2.15 bits per heavy atom. The van der Waals surface area contributed by atoms with Gasteiger partial charge in [0.15, 0.2) is 0 Å². The molecule has 4 aliphatic rings. The maximum absolute atomic E-state index is 13.2. The Morgan fingerprint density at radius 2 is 1.56 bits per heavy atom. The van der Waals surface area contributed by atoms with Crippen LogP contribution in [0.3, 0.4) is 0 Å². The van der Waals surface area contributed by atoms with Gasteiger partial charge in [-0.15, -0.1) is 0 Å². The highest BCUT2D eigenvalue weighted by atomic mass is 19.1. The minimum Gasteiger partial charge on any atom is -0.492 e. The fourth-order valence-electron chi connectivity index (χ4n) is 6.68. The maximum Gasteiger partial charge on any atom is 0.253 e. The molecule has 6 heteroatoms. The highest BCUT2D eigenvalue weighted by Crippen LogP contribution is 2.60. The molecule has 4 bridgehead atoms. The van der Waals surface area contributed by atoms with Crippen LogP contribution in [-0.4, -0.2) is 36.9 Å².